The van der Waals surface area contributed by atoms with E-state index in [0.717, 1.165) is 0 Å². The average molecular weight is 409 g/mol. The minimum Gasteiger partial charge on any atom is -0.493 e. The van der Waals surface area contributed by atoms with Gasteiger partial charge in [-0.05, 0) is 35.9 Å². The van der Waals surface area contributed by atoms with Gasteiger partial charge in [0.25, 0.3) is 0 Å². The summed E-state index contributed by atoms with van der Waals surface area (Å²) in [5.41, 5.74) is 0.575. The van der Waals surface area contributed by atoms with E-state index in [4.69, 9.17) is 24.2 Å². The van der Waals surface area contributed by atoms with Gasteiger partial charge in [0.05, 0.1) is 19.1 Å². The summed E-state index contributed by atoms with van der Waals surface area (Å²) in [7, 11) is 2.77. The molecule has 2 aromatic rings. The molecule has 1 heterocycles. The zero-order chi connectivity index (χ0) is 21.7. The number of esters is 1. The van der Waals surface area contributed by atoms with Crippen LogP contribution >= 0.6 is 0 Å². The van der Waals surface area contributed by atoms with Crippen molar-refractivity contribution in [1.82, 2.24) is 0 Å². The molecule has 10 heteroatoms. The standard InChI is InChI=1S/C20H15N3O7/c1-27-16-6-4-13(11-15(16)23(25)26)19-22-14(20(24)30-19)9-12-3-5-17(29-8-7-21)18(10-12)28-2/h3-6,9-11H,8H2,1-2H3/b14-9-. The Hall–Kier alpha value is -4.39. The minimum absolute atomic E-state index is 0.0104. The monoisotopic (exact) mass is 409 g/mol. The zero-order valence-electron chi connectivity index (χ0n) is 15.9. The van der Waals surface area contributed by atoms with Crippen molar-refractivity contribution < 1.29 is 28.7 Å². The van der Waals surface area contributed by atoms with Crippen LogP contribution in [-0.4, -0.2) is 37.6 Å². The van der Waals surface area contributed by atoms with Crippen molar-refractivity contribution in [3.63, 3.8) is 0 Å². The molecule has 0 atom stereocenters. The molecule has 0 unspecified atom stereocenters. The number of carbonyl (C=O) groups excluding carboxylic acids is 1. The van der Waals surface area contributed by atoms with E-state index >= 15 is 0 Å². The predicted octanol–water partition coefficient (Wildman–Crippen LogP) is 2.86. The maximum atomic E-state index is 12.2. The second kappa shape index (κ2) is 8.74. The van der Waals surface area contributed by atoms with Crippen molar-refractivity contribution in [2.24, 2.45) is 4.99 Å². The number of aliphatic imine (C=N–C) groups is 1. The van der Waals surface area contributed by atoms with Crippen molar-refractivity contribution in [2.45, 2.75) is 0 Å². The van der Waals surface area contributed by atoms with Gasteiger partial charge in [0, 0.05) is 11.6 Å². The number of nitro benzene ring substituents is 1. The maximum Gasteiger partial charge on any atom is 0.363 e. The highest BCUT2D eigenvalue weighted by Crippen LogP contribution is 2.31. The number of benzene rings is 2. The topological polar surface area (TPSA) is 133 Å². The second-order valence-corrected chi connectivity index (χ2v) is 5.84. The van der Waals surface area contributed by atoms with Crippen molar-refractivity contribution in [1.29, 1.82) is 5.26 Å². The van der Waals surface area contributed by atoms with E-state index in [-0.39, 0.29) is 35.2 Å². The molecular weight excluding hydrogens is 394 g/mol. The SMILES string of the molecule is COc1cc(/C=C2\N=C(c3ccc(OC)c([N+](=O)[O-])c3)OC2=O)ccc1OCC#N. The smallest absolute Gasteiger partial charge is 0.363 e. The summed E-state index contributed by atoms with van der Waals surface area (Å²) in [6, 6.07) is 10.9. The van der Waals surface area contributed by atoms with Crippen LogP contribution in [0.15, 0.2) is 47.1 Å². The van der Waals surface area contributed by atoms with E-state index in [2.05, 4.69) is 4.99 Å². The molecule has 0 aliphatic carbocycles. The van der Waals surface area contributed by atoms with E-state index in [1.807, 2.05) is 6.07 Å². The number of hydrogen-bond acceptors (Lipinski definition) is 9. The number of ether oxygens (including phenoxy) is 4. The number of nitriles is 1. The highest BCUT2D eigenvalue weighted by atomic mass is 16.6. The summed E-state index contributed by atoms with van der Waals surface area (Å²) >= 11 is 0. The normalized spacial score (nSPS) is 14.0. The van der Waals surface area contributed by atoms with Gasteiger partial charge >= 0.3 is 11.7 Å². The van der Waals surface area contributed by atoms with Crippen LogP contribution in [0.4, 0.5) is 5.69 Å². The van der Waals surface area contributed by atoms with Gasteiger partial charge in [0.1, 0.15) is 6.07 Å². The minimum atomic E-state index is -0.702. The summed E-state index contributed by atoms with van der Waals surface area (Å²) in [6.07, 6.45) is 1.48. The first-order valence-electron chi connectivity index (χ1n) is 8.50. The highest BCUT2D eigenvalue weighted by molar-refractivity contribution is 6.13. The first kappa shape index (κ1) is 20.3. The Morgan fingerprint density at radius 3 is 2.57 bits per heavy atom. The van der Waals surface area contributed by atoms with Gasteiger partial charge in [-0.25, -0.2) is 9.79 Å². The summed E-state index contributed by atoms with van der Waals surface area (Å²) in [6.45, 7) is -0.134. The Morgan fingerprint density at radius 1 is 1.17 bits per heavy atom. The third kappa shape index (κ3) is 4.20. The molecule has 1 aliphatic heterocycles. The molecule has 0 radical (unpaired) electrons. The summed E-state index contributed by atoms with van der Waals surface area (Å²) in [5, 5.41) is 19.8. The lowest BCUT2D eigenvalue weighted by Crippen LogP contribution is -2.06. The van der Waals surface area contributed by atoms with Crippen molar-refractivity contribution in [3.05, 3.63) is 63.3 Å². The number of hydrogen-bond donors (Lipinski definition) is 0. The molecule has 0 bridgehead atoms. The Morgan fingerprint density at radius 2 is 1.90 bits per heavy atom. The maximum absolute atomic E-state index is 12.2. The molecule has 10 nitrogen and oxygen atoms in total. The van der Waals surface area contributed by atoms with Crippen LogP contribution < -0.4 is 14.2 Å². The van der Waals surface area contributed by atoms with Gasteiger partial charge in [-0.2, -0.15) is 5.26 Å². The Bertz CT molecular complexity index is 1120. The molecule has 0 fully saturated rings. The van der Waals surface area contributed by atoms with Gasteiger partial charge in [-0.15, -0.1) is 0 Å². The van der Waals surface area contributed by atoms with E-state index in [1.54, 1.807) is 18.2 Å². The fourth-order valence-corrected chi connectivity index (χ4v) is 2.66. The van der Waals surface area contributed by atoms with Crippen LogP contribution in [0, 0.1) is 21.4 Å². The van der Waals surface area contributed by atoms with Crippen LogP contribution in [0.2, 0.25) is 0 Å². The largest absolute Gasteiger partial charge is 0.493 e. The van der Waals surface area contributed by atoms with Crippen LogP contribution in [0.3, 0.4) is 0 Å². The first-order chi connectivity index (χ1) is 14.5. The summed E-state index contributed by atoms with van der Waals surface area (Å²) in [5.74, 6) is 0.0753. The molecule has 30 heavy (non-hydrogen) atoms. The van der Waals surface area contributed by atoms with E-state index in [0.29, 0.717) is 17.1 Å². The number of methoxy groups -OCH3 is 2. The number of carbonyl (C=O) groups is 1. The molecule has 0 amide bonds. The summed E-state index contributed by atoms with van der Waals surface area (Å²) in [4.78, 5) is 27.0. The van der Waals surface area contributed by atoms with E-state index in [1.165, 1.54) is 38.5 Å². The third-order valence-electron chi connectivity index (χ3n) is 4.03. The molecular formula is C20H15N3O7. The molecule has 2 aromatic carbocycles. The predicted molar refractivity (Wildman–Crippen MR) is 104 cm³/mol. The van der Waals surface area contributed by atoms with Crippen molar-refractivity contribution >= 4 is 23.6 Å². The first-order valence-corrected chi connectivity index (χ1v) is 8.50. The average Bonchev–Trinajstić information content (AvgIpc) is 3.12. The molecule has 1 aliphatic rings. The lowest BCUT2D eigenvalue weighted by Gasteiger charge is -2.08. The highest BCUT2D eigenvalue weighted by Gasteiger charge is 2.26. The molecule has 0 spiro atoms. The number of cyclic esters (lactones) is 1. The lowest BCUT2D eigenvalue weighted by atomic mass is 10.1. The van der Waals surface area contributed by atoms with Crippen LogP contribution in [0.1, 0.15) is 11.1 Å². The molecule has 152 valence electrons. The fourth-order valence-electron chi connectivity index (χ4n) is 2.66. The van der Waals surface area contributed by atoms with Gasteiger partial charge in [-0.1, -0.05) is 6.07 Å². The van der Waals surface area contributed by atoms with Crippen LogP contribution in [-0.2, 0) is 9.53 Å². The molecule has 3 rings (SSSR count). The Kier molecular flexibility index (Phi) is 5.93. The quantitative estimate of drug-likeness (QED) is 0.295. The van der Waals surface area contributed by atoms with Gasteiger partial charge in [0.2, 0.25) is 5.90 Å². The molecule has 0 saturated heterocycles. The number of nitrogens with zero attached hydrogens (tertiary/aromatic N) is 3. The van der Waals surface area contributed by atoms with Crippen molar-refractivity contribution in [2.75, 3.05) is 20.8 Å². The molecule has 0 aromatic heterocycles. The van der Waals surface area contributed by atoms with Gasteiger partial charge < -0.3 is 18.9 Å². The van der Waals surface area contributed by atoms with Crippen LogP contribution in [0.25, 0.3) is 6.08 Å². The summed E-state index contributed by atoms with van der Waals surface area (Å²) < 4.78 is 20.6. The Balaban J connectivity index is 1.92. The number of rotatable bonds is 7. The fraction of sp³-hybridized carbons (Fsp3) is 0.150. The van der Waals surface area contributed by atoms with E-state index in [9.17, 15) is 14.9 Å². The van der Waals surface area contributed by atoms with Gasteiger partial charge in [-0.3, -0.25) is 10.1 Å². The molecule has 0 saturated carbocycles. The number of nitro groups is 1. The Labute approximate surface area is 170 Å². The third-order valence-corrected chi connectivity index (χ3v) is 4.03. The van der Waals surface area contributed by atoms with Crippen LogP contribution in [0.5, 0.6) is 17.2 Å². The lowest BCUT2D eigenvalue weighted by molar-refractivity contribution is -0.385. The van der Waals surface area contributed by atoms with E-state index < -0.39 is 10.9 Å². The second-order valence-electron chi connectivity index (χ2n) is 5.84. The zero-order valence-corrected chi connectivity index (χ0v) is 15.9. The van der Waals surface area contributed by atoms with Crippen molar-refractivity contribution in [3.8, 4) is 23.3 Å². The molecule has 0 N–H and O–H groups in total. The van der Waals surface area contributed by atoms with Gasteiger partial charge in [0.15, 0.2) is 29.6 Å².